The first-order valence-electron chi connectivity index (χ1n) is 23.5. The average Bonchev–Trinajstić information content (AvgIpc) is 3.18. The van der Waals surface area contributed by atoms with Gasteiger partial charge in [-0.25, -0.2) is 0 Å². The van der Waals surface area contributed by atoms with Crippen LogP contribution in [0.4, 0.5) is 0 Å². The molecule has 0 N–H and O–H groups in total. The van der Waals surface area contributed by atoms with Crippen molar-refractivity contribution in [3.8, 4) is 0 Å². The van der Waals surface area contributed by atoms with Gasteiger partial charge in [0.15, 0.2) is 6.10 Å². The molecule has 55 heavy (non-hydrogen) atoms. The van der Waals surface area contributed by atoms with Crippen LogP contribution in [-0.2, 0) is 28.6 Å². The van der Waals surface area contributed by atoms with E-state index in [1.807, 2.05) is 0 Å². The van der Waals surface area contributed by atoms with E-state index in [1.54, 1.807) is 0 Å². The second kappa shape index (κ2) is 44.3. The van der Waals surface area contributed by atoms with Crippen LogP contribution < -0.4 is 0 Å². The van der Waals surface area contributed by atoms with Gasteiger partial charge >= 0.3 is 17.9 Å². The molecule has 0 heterocycles. The lowest BCUT2D eigenvalue weighted by Gasteiger charge is -2.18. The van der Waals surface area contributed by atoms with Crippen molar-refractivity contribution < 1.29 is 28.6 Å². The Morgan fingerprint density at radius 2 is 0.655 bits per heavy atom. The molecule has 0 aliphatic carbocycles. The Morgan fingerprint density at radius 1 is 0.364 bits per heavy atom. The van der Waals surface area contributed by atoms with Gasteiger partial charge < -0.3 is 14.2 Å². The molecule has 6 nitrogen and oxygen atoms in total. The maximum Gasteiger partial charge on any atom is 0.306 e. The smallest absolute Gasteiger partial charge is 0.306 e. The summed E-state index contributed by atoms with van der Waals surface area (Å²) < 4.78 is 16.7. The number of unbranched alkanes of at least 4 members (excludes halogenated alkanes) is 25. The predicted octanol–water partition coefficient (Wildman–Crippen LogP) is 15.0. The van der Waals surface area contributed by atoms with Crippen LogP contribution in [0, 0.1) is 0 Å². The maximum absolute atomic E-state index is 12.7. The van der Waals surface area contributed by atoms with Crippen LogP contribution in [0.2, 0.25) is 0 Å². The lowest BCUT2D eigenvalue weighted by Crippen LogP contribution is -2.30. The monoisotopic (exact) mass is 773 g/mol. The molecular formula is C49H88O6. The van der Waals surface area contributed by atoms with Crippen LogP contribution in [0.15, 0.2) is 36.5 Å². The molecule has 0 aromatic rings. The molecule has 0 amide bonds. The lowest BCUT2D eigenvalue weighted by molar-refractivity contribution is -0.167. The maximum atomic E-state index is 12.7. The van der Waals surface area contributed by atoms with E-state index >= 15 is 0 Å². The summed E-state index contributed by atoms with van der Waals surface area (Å²) in [4.78, 5) is 37.7. The molecule has 0 rings (SSSR count). The van der Waals surface area contributed by atoms with Gasteiger partial charge in [-0.2, -0.15) is 0 Å². The van der Waals surface area contributed by atoms with Crippen molar-refractivity contribution in [1.82, 2.24) is 0 Å². The third-order valence-electron chi connectivity index (χ3n) is 10.1. The lowest BCUT2D eigenvalue weighted by atomic mass is 10.1. The van der Waals surface area contributed by atoms with Crippen LogP contribution in [0.5, 0.6) is 0 Å². The van der Waals surface area contributed by atoms with Gasteiger partial charge in [0.1, 0.15) is 13.2 Å². The standard InChI is InChI=1S/C49H88O6/c1-4-7-10-13-16-19-22-23-24-25-28-30-33-36-39-42-48(51)54-45-46(55-49(52)43-40-37-34-31-27-21-18-15-12-9-6-3)44-53-47(50)41-38-35-32-29-26-20-17-14-11-8-5-2/h16,19,23-24,28,30,46H,4-15,17-18,20-22,25-27,29,31-45H2,1-3H3/b19-16-,24-23-,30-28-/t46-/m1/s1. The Kier molecular flexibility index (Phi) is 42.4. The van der Waals surface area contributed by atoms with E-state index in [0.29, 0.717) is 19.3 Å². The number of carbonyl (C=O) groups is 3. The molecule has 0 saturated carbocycles. The Morgan fingerprint density at radius 3 is 1.05 bits per heavy atom. The van der Waals surface area contributed by atoms with Crippen molar-refractivity contribution in [3.63, 3.8) is 0 Å². The predicted molar refractivity (Wildman–Crippen MR) is 233 cm³/mol. The summed E-state index contributed by atoms with van der Waals surface area (Å²) >= 11 is 0. The van der Waals surface area contributed by atoms with Crippen molar-refractivity contribution in [2.45, 2.75) is 245 Å². The molecular weight excluding hydrogens is 685 g/mol. The Balaban J connectivity index is 4.41. The van der Waals surface area contributed by atoms with Gasteiger partial charge in [0.25, 0.3) is 0 Å². The fraction of sp³-hybridized carbons (Fsp3) is 0.816. The normalized spacial score (nSPS) is 12.3. The van der Waals surface area contributed by atoms with Crippen LogP contribution in [0.1, 0.15) is 239 Å². The molecule has 320 valence electrons. The number of ether oxygens (including phenoxy) is 3. The summed E-state index contributed by atoms with van der Waals surface area (Å²) in [5.41, 5.74) is 0. The molecule has 6 heteroatoms. The molecule has 1 atom stereocenters. The van der Waals surface area contributed by atoms with Gasteiger partial charge in [0.05, 0.1) is 0 Å². The molecule has 0 bridgehead atoms. The SMILES string of the molecule is CCCCC/C=C\C/C=C\C/C=C\CCCCC(=O)OC[C@@H](COC(=O)CCCCCCCCCCCCC)OC(=O)CCCCCCCCCCCCC. The van der Waals surface area contributed by atoms with Gasteiger partial charge in [-0.05, 0) is 57.8 Å². The van der Waals surface area contributed by atoms with Gasteiger partial charge in [-0.1, -0.05) is 198 Å². The fourth-order valence-electron chi connectivity index (χ4n) is 6.57. The highest BCUT2D eigenvalue weighted by molar-refractivity contribution is 5.71. The van der Waals surface area contributed by atoms with Gasteiger partial charge in [0, 0.05) is 19.3 Å². The third kappa shape index (κ3) is 42.6. The molecule has 0 unspecified atom stereocenters. The Bertz CT molecular complexity index is 938. The van der Waals surface area contributed by atoms with E-state index in [9.17, 15) is 14.4 Å². The van der Waals surface area contributed by atoms with Crippen LogP contribution >= 0.6 is 0 Å². The van der Waals surface area contributed by atoms with Gasteiger partial charge in [-0.3, -0.25) is 14.4 Å². The largest absolute Gasteiger partial charge is 0.462 e. The van der Waals surface area contributed by atoms with E-state index in [2.05, 4.69) is 57.2 Å². The minimum Gasteiger partial charge on any atom is -0.462 e. The van der Waals surface area contributed by atoms with E-state index in [4.69, 9.17) is 14.2 Å². The molecule has 0 aliphatic heterocycles. The first-order chi connectivity index (χ1) is 27.0. The highest BCUT2D eigenvalue weighted by Gasteiger charge is 2.19. The van der Waals surface area contributed by atoms with E-state index < -0.39 is 6.10 Å². The zero-order valence-electron chi connectivity index (χ0n) is 36.4. The van der Waals surface area contributed by atoms with Crippen molar-refractivity contribution >= 4 is 17.9 Å². The molecule has 0 saturated heterocycles. The number of allylic oxidation sites excluding steroid dienone is 6. The average molecular weight is 773 g/mol. The summed E-state index contributed by atoms with van der Waals surface area (Å²) in [7, 11) is 0. The molecule has 0 fully saturated rings. The van der Waals surface area contributed by atoms with Gasteiger partial charge in [-0.15, -0.1) is 0 Å². The number of esters is 3. The van der Waals surface area contributed by atoms with Crippen LogP contribution in [0.25, 0.3) is 0 Å². The summed E-state index contributed by atoms with van der Waals surface area (Å²) in [6, 6.07) is 0. The zero-order valence-corrected chi connectivity index (χ0v) is 36.4. The molecule has 0 aromatic heterocycles. The number of hydrogen-bond donors (Lipinski definition) is 0. The quantitative estimate of drug-likeness (QED) is 0.0266. The molecule has 0 radical (unpaired) electrons. The summed E-state index contributed by atoms with van der Waals surface area (Å²) in [5, 5.41) is 0. The third-order valence-corrected chi connectivity index (χ3v) is 10.1. The zero-order chi connectivity index (χ0) is 40.1. The second-order valence-corrected chi connectivity index (χ2v) is 15.7. The summed E-state index contributed by atoms with van der Waals surface area (Å²) in [5.74, 6) is -0.917. The first kappa shape index (κ1) is 52.6. The number of carbonyl (C=O) groups excluding carboxylic acids is 3. The number of hydrogen-bond acceptors (Lipinski definition) is 6. The Hall–Kier alpha value is -2.37. The highest BCUT2D eigenvalue weighted by Crippen LogP contribution is 2.15. The van der Waals surface area contributed by atoms with Crippen LogP contribution in [0.3, 0.4) is 0 Å². The summed E-state index contributed by atoms with van der Waals surface area (Å²) in [6.45, 7) is 6.56. The summed E-state index contributed by atoms with van der Waals surface area (Å²) in [6.07, 6.45) is 49.8. The van der Waals surface area contributed by atoms with E-state index in [0.717, 1.165) is 70.6 Å². The highest BCUT2D eigenvalue weighted by atomic mass is 16.6. The van der Waals surface area contributed by atoms with Crippen LogP contribution in [-0.4, -0.2) is 37.2 Å². The van der Waals surface area contributed by atoms with Crippen molar-refractivity contribution in [2.75, 3.05) is 13.2 Å². The minimum atomic E-state index is -0.780. The number of rotatable bonds is 42. The molecule has 0 aliphatic rings. The molecule has 0 aromatic carbocycles. The first-order valence-corrected chi connectivity index (χ1v) is 23.5. The van der Waals surface area contributed by atoms with Crippen molar-refractivity contribution in [3.05, 3.63) is 36.5 Å². The van der Waals surface area contributed by atoms with E-state index in [-0.39, 0.29) is 31.1 Å². The topological polar surface area (TPSA) is 78.9 Å². The van der Waals surface area contributed by atoms with Gasteiger partial charge in [0.2, 0.25) is 0 Å². The molecule has 0 spiro atoms. The second-order valence-electron chi connectivity index (χ2n) is 15.7. The van der Waals surface area contributed by atoms with Crippen molar-refractivity contribution in [1.29, 1.82) is 0 Å². The van der Waals surface area contributed by atoms with Crippen molar-refractivity contribution in [2.24, 2.45) is 0 Å². The Labute approximate surface area is 340 Å². The minimum absolute atomic E-state index is 0.0807. The fourth-order valence-corrected chi connectivity index (χ4v) is 6.57. The van der Waals surface area contributed by atoms with E-state index in [1.165, 1.54) is 128 Å².